The van der Waals surface area contributed by atoms with Crippen LogP contribution in [0.3, 0.4) is 0 Å². The second-order valence-corrected chi connectivity index (χ2v) is 9.65. The van der Waals surface area contributed by atoms with Gasteiger partial charge in [0.15, 0.2) is 0 Å². The Kier molecular flexibility index (Phi) is 5.81. The summed E-state index contributed by atoms with van der Waals surface area (Å²) in [6, 6.07) is 12.4. The van der Waals surface area contributed by atoms with E-state index in [2.05, 4.69) is 28.7 Å². The summed E-state index contributed by atoms with van der Waals surface area (Å²) < 4.78 is 37.6. The van der Waals surface area contributed by atoms with Crippen molar-refractivity contribution in [1.82, 2.24) is 0 Å². The van der Waals surface area contributed by atoms with E-state index in [9.17, 15) is 8.42 Å². The summed E-state index contributed by atoms with van der Waals surface area (Å²) in [4.78, 5) is 2.42. The first-order valence-corrected chi connectivity index (χ1v) is 11.8. The van der Waals surface area contributed by atoms with Crippen molar-refractivity contribution in [3.05, 3.63) is 47.5 Å². The molecule has 2 aliphatic rings. The number of hydrogen-bond acceptors (Lipinski definition) is 5. The highest BCUT2D eigenvalue weighted by atomic mass is 32.2. The van der Waals surface area contributed by atoms with Crippen molar-refractivity contribution in [2.45, 2.75) is 32.9 Å². The van der Waals surface area contributed by atoms with Gasteiger partial charge in [-0.25, -0.2) is 8.42 Å². The molecule has 29 heavy (non-hydrogen) atoms. The van der Waals surface area contributed by atoms with Gasteiger partial charge < -0.3 is 14.4 Å². The molecule has 1 fully saturated rings. The largest absolute Gasteiger partial charge is 0.377 e. The Labute approximate surface area is 172 Å². The van der Waals surface area contributed by atoms with E-state index < -0.39 is 10.0 Å². The molecule has 0 spiro atoms. The normalized spacial score (nSPS) is 19.7. The molecular formula is C22H28N2O4S. The lowest BCUT2D eigenvalue weighted by Gasteiger charge is -2.38. The molecular weight excluding hydrogens is 388 g/mol. The topological polar surface area (TPSA) is 67.9 Å². The standard InChI is InChI=1S/C22H28N2O4S/c1-3-29(25,26)23-20-6-4-17(5-7-20)19-12-18-8-10-27-15-21(18)22(13-19)24-9-11-28-14-16(24)2/h4-7,12-13,16,23H,3,8-11,14-15H2,1-2H3. The molecule has 1 N–H and O–H groups in total. The summed E-state index contributed by atoms with van der Waals surface area (Å²) >= 11 is 0. The number of rotatable bonds is 5. The van der Waals surface area contributed by atoms with Crippen molar-refractivity contribution < 1.29 is 17.9 Å². The van der Waals surface area contributed by atoms with Gasteiger partial charge >= 0.3 is 0 Å². The number of anilines is 2. The number of nitrogens with one attached hydrogen (secondary N) is 1. The van der Waals surface area contributed by atoms with Gasteiger partial charge in [0.2, 0.25) is 10.0 Å². The molecule has 2 aliphatic heterocycles. The van der Waals surface area contributed by atoms with E-state index in [-0.39, 0.29) is 5.75 Å². The molecule has 2 aromatic carbocycles. The summed E-state index contributed by atoms with van der Waals surface area (Å²) in [5, 5.41) is 0. The maximum absolute atomic E-state index is 11.8. The molecule has 0 saturated carbocycles. The number of hydrogen-bond donors (Lipinski definition) is 1. The van der Waals surface area contributed by atoms with Gasteiger partial charge in [-0.05, 0) is 55.2 Å². The molecule has 0 aromatic heterocycles. The van der Waals surface area contributed by atoms with Crippen LogP contribution < -0.4 is 9.62 Å². The minimum Gasteiger partial charge on any atom is -0.377 e. The van der Waals surface area contributed by atoms with Crippen molar-refractivity contribution >= 4 is 21.4 Å². The Balaban J connectivity index is 1.70. The molecule has 4 rings (SSSR count). The van der Waals surface area contributed by atoms with Gasteiger partial charge in [-0.15, -0.1) is 0 Å². The molecule has 0 amide bonds. The lowest BCUT2D eigenvalue weighted by molar-refractivity contribution is 0.0963. The van der Waals surface area contributed by atoms with E-state index in [4.69, 9.17) is 9.47 Å². The fourth-order valence-electron chi connectivity index (χ4n) is 3.95. The molecule has 156 valence electrons. The van der Waals surface area contributed by atoms with E-state index in [1.165, 1.54) is 16.8 Å². The Bertz CT molecular complexity index is 973. The molecule has 1 unspecified atom stereocenters. The number of fused-ring (bicyclic) bond motifs is 1. The van der Waals surface area contributed by atoms with Crippen LogP contribution in [0, 0.1) is 0 Å². The van der Waals surface area contributed by atoms with E-state index in [1.54, 1.807) is 6.92 Å². The van der Waals surface area contributed by atoms with Crippen LogP contribution in [-0.4, -0.2) is 46.6 Å². The third-order valence-electron chi connectivity index (χ3n) is 5.63. The van der Waals surface area contributed by atoms with Gasteiger partial charge in [-0.2, -0.15) is 0 Å². The summed E-state index contributed by atoms with van der Waals surface area (Å²) in [5.41, 5.74) is 6.64. The van der Waals surface area contributed by atoms with E-state index in [1.807, 2.05) is 24.3 Å². The van der Waals surface area contributed by atoms with E-state index in [0.29, 0.717) is 18.3 Å². The number of morpholine rings is 1. The van der Waals surface area contributed by atoms with Crippen LogP contribution in [0.1, 0.15) is 25.0 Å². The predicted octanol–water partition coefficient (Wildman–Crippen LogP) is 3.41. The smallest absolute Gasteiger partial charge is 0.232 e. The first-order chi connectivity index (χ1) is 14.0. The Morgan fingerprint density at radius 3 is 2.62 bits per heavy atom. The highest BCUT2D eigenvalue weighted by molar-refractivity contribution is 7.92. The first-order valence-electron chi connectivity index (χ1n) is 10.2. The molecule has 0 bridgehead atoms. The third-order valence-corrected chi connectivity index (χ3v) is 6.94. The van der Waals surface area contributed by atoms with Crippen LogP contribution in [0.4, 0.5) is 11.4 Å². The van der Waals surface area contributed by atoms with Crippen LogP contribution in [0.15, 0.2) is 36.4 Å². The molecule has 0 aliphatic carbocycles. The second-order valence-electron chi connectivity index (χ2n) is 7.64. The Morgan fingerprint density at radius 1 is 1.10 bits per heavy atom. The van der Waals surface area contributed by atoms with Crippen LogP contribution in [0.2, 0.25) is 0 Å². The maximum atomic E-state index is 11.8. The van der Waals surface area contributed by atoms with Crippen LogP contribution >= 0.6 is 0 Å². The second kappa shape index (κ2) is 8.34. The number of sulfonamides is 1. The lowest BCUT2D eigenvalue weighted by Crippen LogP contribution is -2.44. The minimum atomic E-state index is -3.27. The van der Waals surface area contributed by atoms with Crippen LogP contribution in [0.5, 0.6) is 0 Å². The van der Waals surface area contributed by atoms with Crippen LogP contribution in [0.25, 0.3) is 11.1 Å². The molecule has 1 saturated heterocycles. The molecule has 7 heteroatoms. The van der Waals surface area contributed by atoms with Gasteiger partial charge in [0.1, 0.15) is 0 Å². The number of nitrogens with zero attached hydrogens (tertiary/aromatic N) is 1. The molecule has 6 nitrogen and oxygen atoms in total. The van der Waals surface area contributed by atoms with Crippen molar-refractivity contribution in [2.75, 3.05) is 41.7 Å². The van der Waals surface area contributed by atoms with Gasteiger partial charge in [0.25, 0.3) is 0 Å². The van der Waals surface area contributed by atoms with Crippen molar-refractivity contribution in [3.8, 4) is 11.1 Å². The highest BCUT2D eigenvalue weighted by Gasteiger charge is 2.25. The van der Waals surface area contributed by atoms with Crippen LogP contribution in [-0.2, 0) is 32.5 Å². The average molecular weight is 417 g/mol. The Hall–Kier alpha value is -2.09. The molecule has 2 aromatic rings. The monoisotopic (exact) mass is 416 g/mol. The van der Waals surface area contributed by atoms with Gasteiger partial charge in [-0.3, -0.25) is 4.72 Å². The number of ether oxygens (including phenoxy) is 2. The fraction of sp³-hybridized carbons (Fsp3) is 0.455. The zero-order chi connectivity index (χ0) is 20.4. The molecule has 2 heterocycles. The summed E-state index contributed by atoms with van der Waals surface area (Å²) in [6.07, 6.45) is 0.906. The molecule has 1 atom stereocenters. The van der Waals surface area contributed by atoms with Gasteiger partial charge in [0, 0.05) is 29.5 Å². The zero-order valence-corrected chi connectivity index (χ0v) is 17.8. The molecule has 0 radical (unpaired) electrons. The maximum Gasteiger partial charge on any atom is 0.232 e. The quantitative estimate of drug-likeness (QED) is 0.809. The number of benzene rings is 2. The first kappa shape index (κ1) is 20.2. The Morgan fingerprint density at radius 2 is 1.90 bits per heavy atom. The summed E-state index contributed by atoms with van der Waals surface area (Å²) in [7, 11) is -3.27. The minimum absolute atomic E-state index is 0.0583. The van der Waals surface area contributed by atoms with E-state index >= 15 is 0 Å². The average Bonchev–Trinajstić information content (AvgIpc) is 2.74. The highest BCUT2D eigenvalue weighted by Crippen LogP contribution is 2.36. The third kappa shape index (κ3) is 4.42. The zero-order valence-electron chi connectivity index (χ0n) is 17.0. The van der Waals surface area contributed by atoms with Gasteiger partial charge in [-0.1, -0.05) is 18.2 Å². The summed E-state index contributed by atoms with van der Waals surface area (Å²) in [5.74, 6) is 0.0583. The summed E-state index contributed by atoms with van der Waals surface area (Å²) in [6.45, 7) is 7.54. The lowest BCUT2D eigenvalue weighted by atomic mass is 9.93. The van der Waals surface area contributed by atoms with Crippen molar-refractivity contribution in [1.29, 1.82) is 0 Å². The van der Waals surface area contributed by atoms with Crippen molar-refractivity contribution in [2.24, 2.45) is 0 Å². The van der Waals surface area contributed by atoms with Gasteiger partial charge in [0.05, 0.1) is 32.2 Å². The predicted molar refractivity (Wildman–Crippen MR) is 116 cm³/mol. The SMILES string of the molecule is CCS(=O)(=O)Nc1ccc(-c2cc3c(c(N4CCOCC4C)c2)COCC3)cc1. The fourth-order valence-corrected chi connectivity index (χ4v) is 4.59. The van der Waals surface area contributed by atoms with E-state index in [0.717, 1.165) is 43.9 Å². The van der Waals surface area contributed by atoms with Crippen molar-refractivity contribution in [3.63, 3.8) is 0 Å².